The molecule has 0 saturated heterocycles. The van der Waals surface area contributed by atoms with E-state index in [0.29, 0.717) is 33.8 Å². The minimum atomic E-state index is -1.77. The molecule has 0 aromatic heterocycles. The SMILES string of the molecule is Cc1cc(OCC(=O)O)c(C)c(C(c2cc(C)cc(OCC(=O)O)c2C)C(Cl)(Cl)Cl)c1. The standard InChI is InChI=1S/C22H23Cl3O6/c1-11-5-15(13(3)17(7-11)30-9-19(26)27)21(22(23,24)25)16-6-12(2)8-18(14(16)4)31-10-20(28)29/h5-8,21H,9-10H2,1-4H3,(H,26,27)(H,28,29). The maximum Gasteiger partial charge on any atom is 0.341 e. The summed E-state index contributed by atoms with van der Waals surface area (Å²) in [5.41, 5.74) is 4.17. The molecule has 0 saturated carbocycles. The number of carboxylic acid groups (broad SMARTS) is 2. The summed E-state index contributed by atoms with van der Waals surface area (Å²) in [6.07, 6.45) is 0. The van der Waals surface area contributed by atoms with Crippen molar-refractivity contribution in [2.45, 2.75) is 37.4 Å². The van der Waals surface area contributed by atoms with Gasteiger partial charge in [0.2, 0.25) is 3.79 Å². The number of alkyl halides is 3. The molecule has 0 bridgehead atoms. The number of carboxylic acids is 2. The van der Waals surface area contributed by atoms with E-state index in [2.05, 4.69) is 0 Å². The second-order valence-corrected chi connectivity index (χ2v) is 9.66. The highest BCUT2D eigenvalue weighted by Gasteiger charge is 2.38. The molecule has 2 aromatic rings. The third kappa shape index (κ3) is 6.42. The van der Waals surface area contributed by atoms with Crippen LogP contribution in [0.25, 0.3) is 0 Å². The first-order valence-corrected chi connectivity index (χ1v) is 10.4. The molecule has 2 rings (SSSR count). The van der Waals surface area contributed by atoms with Crippen molar-refractivity contribution in [3.05, 3.63) is 57.6 Å². The minimum Gasteiger partial charge on any atom is -0.482 e. The van der Waals surface area contributed by atoms with Crippen LogP contribution < -0.4 is 9.47 Å². The van der Waals surface area contributed by atoms with Gasteiger partial charge in [0, 0.05) is 0 Å². The maximum atomic E-state index is 11.0. The predicted molar refractivity (Wildman–Crippen MR) is 120 cm³/mol. The lowest BCUT2D eigenvalue weighted by atomic mass is 9.85. The van der Waals surface area contributed by atoms with Gasteiger partial charge in [0.15, 0.2) is 13.2 Å². The van der Waals surface area contributed by atoms with Gasteiger partial charge in [0.1, 0.15) is 11.5 Å². The molecule has 0 radical (unpaired) electrons. The molecule has 2 N–H and O–H groups in total. The summed E-state index contributed by atoms with van der Waals surface area (Å²) in [6.45, 7) is 6.19. The summed E-state index contributed by atoms with van der Waals surface area (Å²) < 4.78 is 9.11. The molecule has 0 aliphatic heterocycles. The van der Waals surface area contributed by atoms with Crippen LogP contribution in [-0.4, -0.2) is 39.2 Å². The Bertz CT molecular complexity index is 924. The van der Waals surface area contributed by atoms with Crippen molar-refractivity contribution in [1.29, 1.82) is 0 Å². The van der Waals surface area contributed by atoms with E-state index in [9.17, 15) is 9.59 Å². The maximum absolute atomic E-state index is 11.0. The van der Waals surface area contributed by atoms with Gasteiger partial charge in [-0.3, -0.25) is 0 Å². The van der Waals surface area contributed by atoms with E-state index in [1.54, 1.807) is 26.0 Å². The number of benzene rings is 2. The van der Waals surface area contributed by atoms with Crippen LogP contribution in [0.5, 0.6) is 11.5 Å². The van der Waals surface area contributed by atoms with E-state index in [1.165, 1.54) is 0 Å². The highest BCUT2D eigenvalue weighted by atomic mass is 35.6. The van der Waals surface area contributed by atoms with Crippen molar-refractivity contribution < 1.29 is 29.3 Å². The van der Waals surface area contributed by atoms with Crippen molar-refractivity contribution in [3.8, 4) is 11.5 Å². The third-order valence-electron chi connectivity index (χ3n) is 4.74. The van der Waals surface area contributed by atoms with E-state index in [0.717, 1.165) is 11.1 Å². The van der Waals surface area contributed by atoms with Crippen molar-refractivity contribution in [3.63, 3.8) is 0 Å². The Balaban J connectivity index is 2.69. The molecule has 0 spiro atoms. The van der Waals surface area contributed by atoms with Gasteiger partial charge < -0.3 is 19.7 Å². The Morgan fingerprint density at radius 1 is 0.806 bits per heavy atom. The smallest absolute Gasteiger partial charge is 0.341 e. The van der Waals surface area contributed by atoms with Crippen LogP contribution in [0, 0.1) is 27.7 Å². The fraction of sp³-hybridized carbons (Fsp3) is 0.364. The summed E-state index contributed by atoms with van der Waals surface area (Å²) in [5, 5.41) is 17.9. The van der Waals surface area contributed by atoms with Crippen molar-refractivity contribution in [2.75, 3.05) is 13.2 Å². The minimum absolute atomic E-state index is 0.379. The van der Waals surface area contributed by atoms with Gasteiger partial charge in [0.05, 0.1) is 5.92 Å². The zero-order chi connectivity index (χ0) is 23.5. The molecular weight excluding hydrogens is 467 g/mol. The lowest BCUT2D eigenvalue weighted by Crippen LogP contribution is -2.22. The van der Waals surface area contributed by atoms with Gasteiger partial charge in [-0.1, -0.05) is 46.9 Å². The summed E-state index contributed by atoms with van der Waals surface area (Å²) in [5.74, 6) is -2.20. The number of aliphatic carboxylic acids is 2. The molecule has 0 unspecified atom stereocenters. The molecule has 0 heterocycles. The number of hydrogen-bond donors (Lipinski definition) is 2. The Morgan fingerprint density at radius 3 is 1.45 bits per heavy atom. The quantitative estimate of drug-likeness (QED) is 0.486. The number of aryl methyl sites for hydroxylation is 2. The summed E-state index contributed by atoms with van der Waals surface area (Å²) in [7, 11) is 0. The van der Waals surface area contributed by atoms with Crippen LogP contribution in [0.1, 0.15) is 39.3 Å². The molecule has 0 aliphatic rings. The van der Waals surface area contributed by atoms with E-state index in [1.807, 2.05) is 26.0 Å². The molecule has 0 fully saturated rings. The lowest BCUT2D eigenvalue weighted by Gasteiger charge is -2.30. The molecule has 9 heteroatoms. The van der Waals surface area contributed by atoms with Gasteiger partial charge in [0.25, 0.3) is 0 Å². The first-order valence-electron chi connectivity index (χ1n) is 9.29. The van der Waals surface area contributed by atoms with Crippen LogP contribution in [0.2, 0.25) is 0 Å². The molecular formula is C22H23Cl3O6. The van der Waals surface area contributed by atoms with Gasteiger partial charge in [-0.2, -0.15) is 0 Å². The number of halogens is 3. The normalized spacial score (nSPS) is 11.5. The van der Waals surface area contributed by atoms with Crippen molar-refractivity contribution in [1.82, 2.24) is 0 Å². The van der Waals surface area contributed by atoms with Crippen molar-refractivity contribution in [2.24, 2.45) is 0 Å². The number of hydrogen-bond acceptors (Lipinski definition) is 4. The molecule has 0 amide bonds. The first-order chi connectivity index (χ1) is 14.3. The summed E-state index contributed by atoms with van der Waals surface area (Å²) >= 11 is 19.3. The molecule has 0 aliphatic carbocycles. The number of carbonyl (C=O) groups is 2. The Kier molecular flexibility index (Phi) is 8.09. The van der Waals surface area contributed by atoms with Crippen LogP contribution in [0.4, 0.5) is 0 Å². The lowest BCUT2D eigenvalue weighted by molar-refractivity contribution is -0.140. The van der Waals surface area contributed by atoms with E-state index in [4.69, 9.17) is 54.5 Å². The Labute approximate surface area is 195 Å². The third-order valence-corrected chi connectivity index (χ3v) is 5.40. The van der Waals surface area contributed by atoms with E-state index < -0.39 is 34.9 Å². The Morgan fingerprint density at radius 2 is 1.16 bits per heavy atom. The number of ether oxygens (including phenoxy) is 2. The van der Waals surface area contributed by atoms with Gasteiger partial charge in [-0.15, -0.1) is 0 Å². The van der Waals surface area contributed by atoms with E-state index >= 15 is 0 Å². The highest BCUT2D eigenvalue weighted by molar-refractivity contribution is 6.68. The average Bonchev–Trinajstić information content (AvgIpc) is 2.63. The van der Waals surface area contributed by atoms with Gasteiger partial charge in [-0.25, -0.2) is 9.59 Å². The van der Waals surface area contributed by atoms with Crippen LogP contribution in [0.3, 0.4) is 0 Å². The molecule has 0 atom stereocenters. The zero-order valence-electron chi connectivity index (χ0n) is 17.5. The number of rotatable bonds is 8. The van der Waals surface area contributed by atoms with Crippen LogP contribution in [-0.2, 0) is 9.59 Å². The first kappa shape index (κ1) is 25.1. The fourth-order valence-corrected chi connectivity index (χ4v) is 4.11. The molecule has 168 valence electrons. The molecule has 2 aromatic carbocycles. The topological polar surface area (TPSA) is 93.1 Å². The van der Waals surface area contributed by atoms with Crippen LogP contribution in [0.15, 0.2) is 24.3 Å². The van der Waals surface area contributed by atoms with E-state index in [-0.39, 0.29) is 0 Å². The largest absolute Gasteiger partial charge is 0.482 e. The molecule has 6 nitrogen and oxygen atoms in total. The Hall–Kier alpha value is -2.15. The second-order valence-electron chi connectivity index (χ2n) is 7.29. The fourth-order valence-electron chi connectivity index (χ4n) is 3.40. The monoisotopic (exact) mass is 488 g/mol. The van der Waals surface area contributed by atoms with Crippen LogP contribution >= 0.6 is 34.8 Å². The van der Waals surface area contributed by atoms with Crippen molar-refractivity contribution >= 4 is 46.7 Å². The highest BCUT2D eigenvalue weighted by Crippen LogP contribution is 2.50. The van der Waals surface area contributed by atoms with Gasteiger partial charge in [-0.05, 0) is 73.2 Å². The summed E-state index contributed by atoms with van der Waals surface area (Å²) in [6, 6.07) is 7.16. The molecule has 31 heavy (non-hydrogen) atoms. The average molecular weight is 490 g/mol. The predicted octanol–water partition coefficient (Wildman–Crippen LogP) is 5.35. The summed E-state index contributed by atoms with van der Waals surface area (Å²) in [4.78, 5) is 21.9. The van der Waals surface area contributed by atoms with Gasteiger partial charge >= 0.3 is 11.9 Å². The second kappa shape index (κ2) is 9.98. The zero-order valence-corrected chi connectivity index (χ0v) is 19.7.